The fraction of sp³-hybridized carbons (Fsp3) is 0.250. The smallest absolute Gasteiger partial charge is 0.234 e. The maximum atomic E-state index is 5.66. The molecule has 0 unspecified atom stereocenters. The van der Waals surface area contributed by atoms with E-state index in [-0.39, 0.29) is 47.6 Å². The Morgan fingerprint density at radius 2 is 0.486 bits per heavy atom. The highest BCUT2D eigenvalue weighted by Crippen LogP contribution is 2.22. The predicted molar refractivity (Wildman–Crippen MR) is 551 cm³/mol. The quantitative estimate of drug-likeness (QED) is 0.0186. The molecule has 8 aromatic carbocycles. The second-order valence-corrected chi connectivity index (χ2v) is 30.7. The Bertz CT molecular complexity index is 6100. The molecule has 16 rings (SSSR count). The molecule has 8 heterocycles. The molecule has 22 N–H and O–H groups in total. The standard InChI is InChI=1S/C14H20N6.C13H18N6.C13H17N5.2C12H15N5.2C11H13N5.C10H11N5/c1-20(2)14-18-12(15)17-13(19-14)16-10-6-9-11-7-4-3-5-8-11;1-19(2)13-17-11(14)16-12(18-13)15-9-8-10-6-4-3-5-7-10;1-10-16-12(14)18-13(17-10)15-9-5-8-11-6-3-2-4-7-11;1-9-14-11(13)16-12(15-9)17(2)8-10-6-4-3-5-7-10;1-9-15-11(13)17-12(16-9)14-8-7-10-5-3-2-4-6-10;1-8-13-10(12)15-11(14-8)16(2)9-6-4-3-5-7-9;1-8-14-10(12)16-11(15-8)13-7-9-5-3-2-4-6-9;1-7-12-9(11)15-10(13-7)14-8-5-3-2-4-6-8/h3-5,7-8H,6,9-10H2,1-2H3,(H3,15,16,17,18,19);3-7H,8-9H2,1-2H3,(H3,14,15,16,17,18);2-4,6-7H,5,8-9H2,1H3,(H3,14,15,16,17,18);3-7H,8H2,1-2H3,(H2,13,14,15,16);2-6H,7-8H2,1H3,(H3,13,14,15,16,17);3-7H,1-2H3,(H2,12,13,14,15);2-6H,7H2,1H3,(H3,12,13,14,15,16);2-6H,1H3,(H3,11,12,13,14,15). The summed E-state index contributed by atoms with van der Waals surface area (Å²) in [4.78, 5) is 105. The van der Waals surface area contributed by atoms with Crippen LogP contribution >= 0.6 is 0 Å². The Kier molecular flexibility index (Phi) is 42.3. The van der Waals surface area contributed by atoms with Crippen LogP contribution in [-0.4, -0.2) is 188 Å². The van der Waals surface area contributed by atoms with Crippen molar-refractivity contribution in [3.8, 4) is 0 Å². The van der Waals surface area contributed by atoms with Crippen LogP contribution in [0.25, 0.3) is 0 Å². The summed E-state index contributed by atoms with van der Waals surface area (Å²) < 4.78 is 0. The summed E-state index contributed by atoms with van der Waals surface area (Å²) in [6, 6.07) is 81.0. The monoisotopic (exact) mass is 1860 g/mol. The number of aryl methyl sites for hydroxylation is 8. The van der Waals surface area contributed by atoms with E-state index >= 15 is 0 Å². The lowest BCUT2D eigenvalue weighted by Crippen LogP contribution is -2.20. The summed E-state index contributed by atoms with van der Waals surface area (Å²) in [5.74, 6) is 11.0. The fourth-order valence-corrected chi connectivity index (χ4v) is 12.2. The predicted octanol–water partition coefficient (Wildman–Crippen LogP) is 11.8. The van der Waals surface area contributed by atoms with Crippen molar-refractivity contribution in [3.63, 3.8) is 0 Å². The van der Waals surface area contributed by atoms with Gasteiger partial charge in [0.05, 0.1) is 0 Å². The van der Waals surface area contributed by atoms with E-state index in [1.165, 1.54) is 33.4 Å². The van der Waals surface area contributed by atoms with E-state index in [1.54, 1.807) is 51.3 Å². The van der Waals surface area contributed by atoms with Gasteiger partial charge < -0.3 is 97.4 Å². The first kappa shape index (κ1) is 104. The van der Waals surface area contributed by atoms with Gasteiger partial charge in [0.15, 0.2) is 0 Å². The number of anilines is 20. The summed E-state index contributed by atoms with van der Waals surface area (Å²) in [7, 11) is 11.3. The zero-order chi connectivity index (χ0) is 98.8. The molecule has 42 heteroatoms. The molecule has 0 saturated carbocycles. The molecule has 0 amide bonds. The molecule has 42 nitrogen and oxygen atoms in total. The maximum Gasteiger partial charge on any atom is 0.234 e. The molecule has 0 radical (unpaired) electrons. The number of nitrogens with zero attached hydrogens (tertiary/aromatic N) is 28. The topological polar surface area (TPSA) is 603 Å². The number of para-hydroxylation sites is 2. The minimum Gasteiger partial charge on any atom is -0.368 e. The molecule has 0 fully saturated rings. The molecule has 0 spiro atoms. The van der Waals surface area contributed by atoms with Crippen LogP contribution in [0.2, 0.25) is 0 Å². The average Bonchev–Trinajstić information content (AvgIpc) is 0.848. The third kappa shape index (κ3) is 40.1. The van der Waals surface area contributed by atoms with Crippen molar-refractivity contribution in [3.05, 3.63) is 311 Å². The lowest BCUT2D eigenvalue weighted by Gasteiger charge is -2.17. The summed E-state index contributed by atoms with van der Waals surface area (Å²) in [5.41, 5.74) is 54.1. The molecule has 0 saturated heterocycles. The van der Waals surface area contributed by atoms with Crippen LogP contribution in [0.3, 0.4) is 0 Å². The van der Waals surface area contributed by atoms with Crippen molar-refractivity contribution in [1.29, 1.82) is 0 Å². The number of hydrogen-bond acceptors (Lipinski definition) is 42. The van der Waals surface area contributed by atoms with Crippen LogP contribution in [0.1, 0.15) is 81.2 Å². The summed E-state index contributed by atoms with van der Waals surface area (Å²) >= 11 is 0. The van der Waals surface area contributed by atoms with E-state index < -0.39 is 0 Å². The van der Waals surface area contributed by atoms with Crippen molar-refractivity contribution in [2.45, 2.75) is 93.2 Å². The van der Waals surface area contributed by atoms with E-state index in [0.717, 1.165) is 82.6 Å². The number of nitrogens with two attached hydrogens (primary N) is 8. The van der Waals surface area contributed by atoms with Crippen molar-refractivity contribution in [2.75, 3.05) is 166 Å². The van der Waals surface area contributed by atoms with Crippen LogP contribution in [0.4, 0.5) is 118 Å². The third-order valence-corrected chi connectivity index (χ3v) is 18.6. The first-order chi connectivity index (χ1) is 66.6. The summed E-state index contributed by atoms with van der Waals surface area (Å²) in [6.45, 7) is 15.3. The molecule has 16 aromatic rings. The van der Waals surface area contributed by atoms with Crippen LogP contribution in [0.5, 0.6) is 0 Å². The second-order valence-electron chi connectivity index (χ2n) is 30.7. The molecular weight excluding hydrogens is 1740 g/mol. The van der Waals surface area contributed by atoms with Crippen molar-refractivity contribution < 1.29 is 0 Å². The zero-order valence-electron chi connectivity index (χ0n) is 79.7. The van der Waals surface area contributed by atoms with Crippen molar-refractivity contribution >= 4 is 118 Å². The first-order valence-electron chi connectivity index (χ1n) is 44.1. The van der Waals surface area contributed by atoms with E-state index in [0.29, 0.717) is 101 Å². The van der Waals surface area contributed by atoms with Gasteiger partial charge in [0.2, 0.25) is 107 Å². The molecule has 0 aliphatic carbocycles. The minimum atomic E-state index is 0.223. The lowest BCUT2D eigenvalue weighted by atomic mass is 10.1. The van der Waals surface area contributed by atoms with Crippen LogP contribution in [0, 0.1) is 41.5 Å². The Labute approximate surface area is 803 Å². The molecular formula is C96H122N42. The summed E-state index contributed by atoms with van der Waals surface area (Å²) in [5, 5.41) is 18.8. The van der Waals surface area contributed by atoms with Crippen LogP contribution < -0.4 is 97.4 Å². The molecule has 8 aromatic heterocycles. The number of nitrogens with one attached hydrogen (secondary N) is 6. The highest BCUT2D eigenvalue weighted by atomic mass is 15.3. The van der Waals surface area contributed by atoms with E-state index in [2.05, 4.69) is 236 Å². The minimum absolute atomic E-state index is 0.223. The first-order valence-corrected chi connectivity index (χ1v) is 44.1. The van der Waals surface area contributed by atoms with Crippen molar-refractivity contribution in [2.24, 2.45) is 0 Å². The van der Waals surface area contributed by atoms with Crippen LogP contribution in [-0.2, 0) is 38.8 Å². The highest BCUT2D eigenvalue weighted by Gasteiger charge is 2.14. The van der Waals surface area contributed by atoms with E-state index in [1.807, 2.05) is 210 Å². The van der Waals surface area contributed by atoms with Crippen LogP contribution in [0.15, 0.2) is 243 Å². The number of rotatable bonds is 30. The van der Waals surface area contributed by atoms with Gasteiger partial charge in [0.25, 0.3) is 0 Å². The summed E-state index contributed by atoms with van der Waals surface area (Å²) in [6.07, 6.45) is 5.92. The number of nitrogen functional groups attached to an aromatic ring is 8. The molecule has 0 atom stereocenters. The second kappa shape index (κ2) is 56.2. The van der Waals surface area contributed by atoms with Gasteiger partial charge >= 0.3 is 0 Å². The van der Waals surface area contributed by atoms with E-state index in [4.69, 9.17) is 45.9 Å². The van der Waals surface area contributed by atoms with Crippen molar-refractivity contribution in [1.82, 2.24) is 120 Å². The molecule has 138 heavy (non-hydrogen) atoms. The Morgan fingerprint density at radius 3 is 0.841 bits per heavy atom. The van der Waals surface area contributed by atoms with Gasteiger partial charge in [-0.05, 0) is 138 Å². The fourth-order valence-electron chi connectivity index (χ4n) is 12.2. The Balaban J connectivity index is 0.000000177. The van der Waals surface area contributed by atoms with Gasteiger partial charge in [0.1, 0.15) is 34.9 Å². The number of hydrogen-bond donors (Lipinski definition) is 14. The largest absolute Gasteiger partial charge is 0.368 e. The molecule has 0 bridgehead atoms. The normalized spacial score (nSPS) is 10.2. The molecule has 0 aliphatic heterocycles. The lowest BCUT2D eigenvalue weighted by molar-refractivity contribution is 0.842. The van der Waals surface area contributed by atoms with E-state index in [9.17, 15) is 0 Å². The average molecular weight is 1860 g/mol. The Morgan fingerprint density at radius 1 is 0.225 bits per heavy atom. The van der Waals surface area contributed by atoms with Gasteiger partial charge in [-0.1, -0.05) is 218 Å². The van der Waals surface area contributed by atoms with Gasteiger partial charge in [-0.2, -0.15) is 120 Å². The maximum absolute atomic E-state index is 5.66. The number of aromatic nitrogens is 24. The van der Waals surface area contributed by atoms with Gasteiger partial charge in [0, 0.05) is 92.9 Å². The van der Waals surface area contributed by atoms with Gasteiger partial charge in [-0.25, -0.2) is 0 Å². The number of benzene rings is 8. The van der Waals surface area contributed by atoms with Gasteiger partial charge in [-0.15, -0.1) is 0 Å². The third-order valence-electron chi connectivity index (χ3n) is 18.6. The highest BCUT2D eigenvalue weighted by molar-refractivity contribution is 5.57. The zero-order valence-corrected chi connectivity index (χ0v) is 79.7. The Hall–Kier alpha value is -17.8. The SMILES string of the molecule is CN(C)c1nc(N)nc(NCCCc2ccccc2)n1.CN(C)c1nc(N)nc(NCCc2ccccc2)n1.Cc1nc(N)nc(N(C)Cc2ccccc2)n1.Cc1nc(N)nc(N(C)c2ccccc2)n1.Cc1nc(N)nc(NCCCc2ccccc2)n1.Cc1nc(N)nc(NCCc2ccccc2)n1.Cc1nc(N)nc(NCc2ccccc2)n1.Cc1nc(N)nc(Nc2ccccc2)n1. The molecule has 716 valence electrons. The van der Waals surface area contributed by atoms with Gasteiger partial charge in [-0.3, -0.25) is 0 Å². The molecule has 0 aliphatic rings.